The van der Waals surface area contributed by atoms with Gasteiger partial charge in [0.15, 0.2) is 0 Å². The molecular formula is C15H16Br2N2O2. The number of hydrogen-bond acceptors (Lipinski definition) is 4. The fraction of sp³-hybridized carbons (Fsp3) is 0.267. The number of aromatic hydroxyl groups is 1. The second-order valence-electron chi connectivity index (χ2n) is 4.81. The number of benzene rings is 1. The van der Waals surface area contributed by atoms with E-state index in [0.717, 1.165) is 20.2 Å². The Labute approximate surface area is 140 Å². The zero-order chi connectivity index (χ0) is 15.6. The van der Waals surface area contributed by atoms with Crippen LogP contribution in [-0.4, -0.2) is 15.2 Å². The van der Waals surface area contributed by atoms with Crippen molar-refractivity contribution < 1.29 is 10.2 Å². The first kappa shape index (κ1) is 16.3. The molecule has 1 aromatic heterocycles. The molecule has 3 N–H and O–H groups in total. The van der Waals surface area contributed by atoms with E-state index in [1.165, 1.54) is 0 Å². The Kier molecular flexibility index (Phi) is 5.24. The number of anilines is 1. The maximum Gasteiger partial charge on any atom is 0.142 e. The topological polar surface area (TPSA) is 65.4 Å². The van der Waals surface area contributed by atoms with Crippen LogP contribution in [0.5, 0.6) is 5.75 Å². The van der Waals surface area contributed by atoms with E-state index in [1.807, 2.05) is 19.1 Å². The van der Waals surface area contributed by atoms with Gasteiger partial charge in [-0.15, -0.1) is 0 Å². The van der Waals surface area contributed by atoms with Crippen LogP contribution in [-0.2, 0) is 13.2 Å². The summed E-state index contributed by atoms with van der Waals surface area (Å²) in [5, 5.41) is 22.8. The van der Waals surface area contributed by atoms with E-state index in [0.29, 0.717) is 23.4 Å². The molecule has 0 atom stereocenters. The number of rotatable bonds is 4. The minimum atomic E-state index is -0.159. The molecule has 0 amide bonds. The number of hydrogen-bond donors (Lipinski definition) is 3. The molecule has 0 spiro atoms. The van der Waals surface area contributed by atoms with Gasteiger partial charge in [0.1, 0.15) is 5.75 Å². The predicted octanol–water partition coefficient (Wildman–Crippen LogP) is 4.03. The van der Waals surface area contributed by atoms with Gasteiger partial charge in [-0.2, -0.15) is 0 Å². The van der Waals surface area contributed by atoms with Crippen molar-refractivity contribution in [2.45, 2.75) is 27.0 Å². The third-order valence-electron chi connectivity index (χ3n) is 3.23. The second kappa shape index (κ2) is 6.77. The van der Waals surface area contributed by atoms with Gasteiger partial charge in [-0.05, 0) is 63.4 Å². The molecule has 0 unspecified atom stereocenters. The van der Waals surface area contributed by atoms with Crippen molar-refractivity contribution >= 4 is 37.5 Å². The molecule has 0 aliphatic carbocycles. The van der Waals surface area contributed by atoms with E-state index >= 15 is 0 Å². The summed E-state index contributed by atoms with van der Waals surface area (Å²) in [5.41, 5.74) is 3.86. The number of halogens is 2. The van der Waals surface area contributed by atoms with E-state index in [9.17, 15) is 10.2 Å². The van der Waals surface area contributed by atoms with Gasteiger partial charge in [-0.1, -0.05) is 0 Å². The molecule has 1 heterocycles. The van der Waals surface area contributed by atoms with Crippen LogP contribution in [0.4, 0.5) is 5.69 Å². The summed E-state index contributed by atoms with van der Waals surface area (Å²) in [4.78, 5) is 4.06. The van der Waals surface area contributed by atoms with Crippen molar-refractivity contribution in [3.8, 4) is 5.75 Å². The van der Waals surface area contributed by atoms with E-state index < -0.39 is 0 Å². The van der Waals surface area contributed by atoms with Crippen LogP contribution in [0, 0.1) is 13.8 Å². The first-order valence-electron chi connectivity index (χ1n) is 6.40. The number of nitrogens with one attached hydrogen (secondary N) is 1. The molecule has 0 aliphatic heterocycles. The van der Waals surface area contributed by atoms with Crippen molar-refractivity contribution in [2.24, 2.45) is 0 Å². The number of aliphatic hydroxyl groups excluding tert-OH is 1. The fourth-order valence-corrected chi connectivity index (χ4v) is 3.76. The first-order valence-corrected chi connectivity index (χ1v) is 7.99. The average Bonchev–Trinajstić information content (AvgIpc) is 2.42. The Balaban J connectivity index is 2.31. The molecule has 0 saturated carbocycles. The molecule has 1 aromatic carbocycles. The number of aryl methyl sites for hydroxylation is 2. The van der Waals surface area contributed by atoms with Crippen molar-refractivity contribution in [1.29, 1.82) is 0 Å². The Morgan fingerprint density at radius 1 is 1.19 bits per heavy atom. The molecule has 21 heavy (non-hydrogen) atoms. The van der Waals surface area contributed by atoms with Crippen LogP contribution in [0.1, 0.15) is 22.4 Å². The summed E-state index contributed by atoms with van der Waals surface area (Å²) in [5.74, 6) is 0.119. The largest absolute Gasteiger partial charge is 0.506 e. The van der Waals surface area contributed by atoms with Gasteiger partial charge in [0.2, 0.25) is 0 Å². The molecule has 2 aromatic rings. The third kappa shape index (κ3) is 3.56. The molecule has 0 fully saturated rings. The van der Waals surface area contributed by atoms with Gasteiger partial charge in [0, 0.05) is 32.8 Å². The third-order valence-corrected chi connectivity index (χ3v) is 4.48. The highest BCUT2D eigenvalue weighted by Gasteiger charge is 2.13. The molecule has 112 valence electrons. The molecule has 0 radical (unpaired) electrons. The number of pyridine rings is 1. The summed E-state index contributed by atoms with van der Waals surface area (Å²) in [7, 11) is 0. The van der Waals surface area contributed by atoms with Gasteiger partial charge in [0.05, 0.1) is 18.0 Å². The van der Waals surface area contributed by atoms with Crippen molar-refractivity contribution in [2.75, 3.05) is 5.32 Å². The maximum absolute atomic E-state index is 10.1. The predicted molar refractivity (Wildman–Crippen MR) is 90.5 cm³/mol. The van der Waals surface area contributed by atoms with Crippen molar-refractivity contribution in [3.05, 3.63) is 49.7 Å². The zero-order valence-electron chi connectivity index (χ0n) is 11.7. The molecule has 0 saturated heterocycles. The molecule has 2 rings (SSSR count). The first-order chi connectivity index (χ1) is 9.93. The standard InChI is InChI=1S/C15H16Br2N2O2/c1-8-3-12(16)14(13(17)4-8)19-6-11-10(7-20)5-18-9(2)15(11)21/h3-5,19-21H,6-7H2,1-2H3. The van der Waals surface area contributed by atoms with Crippen LogP contribution in [0.2, 0.25) is 0 Å². The number of aromatic nitrogens is 1. The second-order valence-corrected chi connectivity index (χ2v) is 6.52. The minimum absolute atomic E-state index is 0.119. The van der Waals surface area contributed by atoms with Gasteiger partial charge in [-0.3, -0.25) is 4.98 Å². The molecule has 0 aliphatic rings. The Bertz CT molecular complexity index is 652. The smallest absolute Gasteiger partial charge is 0.142 e. The highest BCUT2D eigenvalue weighted by Crippen LogP contribution is 2.33. The lowest BCUT2D eigenvalue weighted by atomic mass is 10.1. The fourth-order valence-electron chi connectivity index (χ4n) is 2.06. The van der Waals surface area contributed by atoms with Crippen LogP contribution >= 0.6 is 31.9 Å². The van der Waals surface area contributed by atoms with Crippen LogP contribution in [0.15, 0.2) is 27.3 Å². The van der Waals surface area contributed by atoms with E-state index in [1.54, 1.807) is 13.1 Å². The Morgan fingerprint density at radius 3 is 2.38 bits per heavy atom. The maximum atomic E-state index is 10.1. The molecule has 6 heteroatoms. The molecule has 0 bridgehead atoms. The highest BCUT2D eigenvalue weighted by molar-refractivity contribution is 9.11. The van der Waals surface area contributed by atoms with Gasteiger partial charge in [0.25, 0.3) is 0 Å². The van der Waals surface area contributed by atoms with Crippen molar-refractivity contribution in [1.82, 2.24) is 4.98 Å². The monoisotopic (exact) mass is 414 g/mol. The SMILES string of the molecule is Cc1cc(Br)c(NCc2c(CO)cnc(C)c2O)c(Br)c1. The van der Waals surface area contributed by atoms with E-state index in [2.05, 4.69) is 42.2 Å². The minimum Gasteiger partial charge on any atom is -0.506 e. The lowest BCUT2D eigenvalue weighted by molar-refractivity contribution is 0.279. The normalized spacial score (nSPS) is 10.7. The zero-order valence-corrected chi connectivity index (χ0v) is 14.9. The van der Waals surface area contributed by atoms with E-state index in [-0.39, 0.29) is 12.4 Å². The molecule has 4 nitrogen and oxygen atoms in total. The van der Waals surface area contributed by atoms with Crippen molar-refractivity contribution in [3.63, 3.8) is 0 Å². The van der Waals surface area contributed by atoms with Crippen LogP contribution in [0.25, 0.3) is 0 Å². The van der Waals surface area contributed by atoms with Crippen LogP contribution in [0.3, 0.4) is 0 Å². The average molecular weight is 416 g/mol. The lowest BCUT2D eigenvalue weighted by Crippen LogP contribution is -2.06. The summed E-state index contributed by atoms with van der Waals surface area (Å²) in [6.45, 7) is 3.98. The molecular weight excluding hydrogens is 400 g/mol. The van der Waals surface area contributed by atoms with E-state index in [4.69, 9.17) is 0 Å². The van der Waals surface area contributed by atoms with Gasteiger partial charge >= 0.3 is 0 Å². The van der Waals surface area contributed by atoms with Gasteiger partial charge < -0.3 is 15.5 Å². The summed E-state index contributed by atoms with van der Waals surface area (Å²) < 4.78 is 1.87. The summed E-state index contributed by atoms with van der Waals surface area (Å²) >= 11 is 7.05. The Morgan fingerprint density at radius 2 is 1.81 bits per heavy atom. The highest BCUT2D eigenvalue weighted by atomic mass is 79.9. The number of nitrogens with zero attached hydrogens (tertiary/aromatic N) is 1. The Hall–Kier alpha value is -1.11. The number of aliphatic hydroxyl groups is 1. The summed E-state index contributed by atoms with van der Waals surface area (Å²) in [6, 6.07) is 4.02. The lowest BCUT2D eigenvalue weighted by Gasteiger charge is -2.15. The quantitative estimate of drug-likeness (QED) is 0.705. The van der Waals surface area contributed by atoms with Crippen LogP contribution < -0.4 is 5.32 Å². The van der Waals surface area contributed by atoms with Gasteiger partial charge in [-0.25, -0.2) is 0 Å². The summed E-state index contributed by atoms with van der Waals surface area (Å²) in [6.07, 6.45) is 1.59.